The molecule has 0 N–H and O–H groups in total. The fourth-order valence-electron chi connectivity index (χ4n) is 5.53. The minimum Gasteiger partial charge on any atom is -0.493 e. The molecular weight excluding hydrogens is 390 g/mol. The summed E-state index contributed by atoms with van der Waals surface area (Å²) in [7, 11) is 0. The molecule has 0 aliphatic heterocycles. The molecule has 1 saturated carbocycles. The second kappa shape index (κ2) is 13.7. The summed E-state index contributed by atoms with van der Waals surface area (Å²) in [5.74, 6) is 3.27. The SMILES string of the molecule is CCCCCCCCOc1ccccc1-c1ccncc1C(C)C1CCC(CCC)CC1. The van der Waals surface area contributed by atoms with Crippen LogP contribution in [0.25, 0.3) is 11.1 Å². The Hall–Kier alpha value is -1.83. The van der Waals surface area contributed by atoms with Gasteiger partial charge in [-0.3, -0.25) is 4.98 Å². The van der Waals surface area contributed by atoms with Gasteiger partial charge in [-0.15, -0.1) is 0 Å². The fraction of sp³-hybridized carbons (Fsp3) is 0.633. The van der Waals surface area contributed by atoms with Gasteiger partial charge in [-0.1, -0.05) is 96.8 Å². The van der Waals surface area contributed by atoms with Crippen molar-refractivity contribution in [2.45, 2.75) is 104 Å². The predicted molar refractivity (Wildman–Crippen MR) is 137 cm³/mol. The molecule has 1 aliphatic carbocycles. The van der Waals surface area contributed by atoms with Gasteiger partial charge < -0.3 is 4.74 Å². The molecule has 1 atom stereocenters. The van der Waals surface area contributed by atoms with Crippen LogP contribution < -0.4 is 4.74 Å². The number of pyridine rings is 1. The summed E-state index contributed by atoms with van der Waals surface area (Å²) < 4.78 is 6.30. The van der Waals surface area contributed by atoms with Crippen molar-refractivity contribution >= 4 is 0 Å². The highest BCUT2D eigenvalue weighted by atomic mass is 16.5. The Labute approximate surface area is 197 Å². The maximum absolute atomic E-state index is 6.30. The second-order valence-corrected chi connectivity index (χ2v) is 9.93. The Bertz CT molecular complexity index is 778. The largest absolute Gasteiger partial charge is 0.493 e. The molecule has 2 nitrogen and oxygen atoms in total. The van der Waals surface area contributed by atoms with Crippen molar-refractivity contribution in [2.75, 3.05) is 6.61 Å². The number of hydrogen-bond donors (Lipinski definition) is 0. The number of rotatable bonds is 13. The first-order valence-corrected chi connectivity index (χ1v) is 13.4. The standard InChI is InChI=1S/C30H45NO/c1-4-6-7-8-9-12-22-32-30-15-11-10-14-28(30)27-20-21-31-23-29(27)24(3)26-18-16-25(13-5-2)17-19-26/h10-11,14-15,20-21,23-26H,4-9,12-13,16-19,22H2,1-3H3. The maximum atomic E-state index is 6.30. The molecule has 32 heavy (non-hydrogen) atoms. The molecule has 0 saturated heterocycles. The highest BCUT2D eigenvalue weighted by molar-refractivity contribution is 5.73. The van der Waals surface area contributed by atoms with E-state index in [2.05, 4.69) is 62.3 Å². The lowest BCUT2D eigenvalue weighted by Gasteiger charge is -2.33. The lowest BCUT2D eigenvalue weighted by Crippen LogP contribution is -2.19. The van der Waals surface area contributed by atoms with Gasteiger partial charge in [0, 0.05) is 18.0 Å². The van der Waals surface area contributed by atoms with Crippen molar-refractivity contribution in [2.24, 2.45) is 11.8 Å². The Morgan fingerprint density at radius 2 is 1.62 bits per heavy atom. The molecule has 1 fully saturated rings. The van der Waals surface area contributed by atoms with E-state index in [4.69, 9.17) is 4.74 Å². The van der Waals surface area contributed by atoms with Gasteiger partial charge >= 0.3 is 0 Å². The van der Waals surface area contributed by atoms with E-state index in [1.807, 2.05) is 6.20 Å². The molecule has 1 aromatic carbocycles. The third kappa shape index (κ3) is 7.09. The molecule has 1 aliphatic rings. The monoisotopic (exact) mass is 435 g/mol. The number of aromatic nitrogens is 1. The summed E-state index contributed by atoms with van der Waals surface area (Å²) >= 11 is 0. The number of benzene rings is 1. The van der Waals surface area contributed by atoms with Crippen molar-refractivity contribution in [3.05, 3.63) is 48.3 Å². The zero-order chi connectivity index (χ0) is 22.6. The second-order valence-electron chi connectivity index (χ2n) is 9.93. The third-order valence-corrected chi connectivity index (χ3v) is 7.57. The van der Waals surface area contributed by atoms with Gasteiger partial charge in [0.1, 0.15) is 5.75 Å². The van der Waals surface area contributed by atoms with E-state index in [-0.39, 0.29) is 0 Å². The number of ether oxygens (including phenoxy) is 1. The smallest absolute Gasteiger partial charge is 0.127 e. The zero-order valence-electron chi connectivity index (χ0n) is 20.8. The molecule has 3 rings (SSSR count). The maximum Gasteiger partial charge on any atom is 0.127 e. The first-order chi connectivity index (χ1) is 15.7. The van der Waals surface area contributed by atoms with Crippen LogP contribution in [0.2, 0.25) is 0 Å². The van der Waals surface area contributed by atoms with Crippen LogP contribution in [0.5, 0.6) is 5.75 Å². The van der Waals surface area contributed by atoms with Gasteiger partial charge in [0.25, 0.3) is 0 Å². The van der Waals surface area contributed by atoms with Crippen molar-refractivity contribution in [1.82, 2.24) is 4.98 Å². The Morgan fingerprint density at radius 3 is 2.41 bits per heavy atom. The minimum atomic E-state index is 0.535. The Kier molecular flexibility index (Phi) is 10.6. The van der Waals surface area contributed by atoms with Crippen LogP contribution in [0.4, 0.5) is 0 Å². The van der Waals surface area contributed by atoms with Crippen molar-refractivity contribution in [3.63, 3.8) is 0 Å². The van der Waals surface area contributed by atoms with E-state index in [0.29, 0.717) is 5.92 Å². The van der Waals surface area contributed by atoms with Crippen molar-refractivity contribution < 1.29 is 4.74 Å². The quantitative estimate of drug-likeness (QED) is 0.292. The molecule has 1 unspecified atom stereocenters. The zero-order valence-corrected chi connectivity index (χ0v) is 20.8. The number of para-hydroxylation sites is 1. The van der Waals surface area contributed by atoms with Crippen LogP contribution in [0.15, 0.2) is 42.7 Å². The highest BCUT2D eigenvalue weighted by Crippen LogP contribution is 2.43. The van der Waals surface area contributed by atoms with Crippen LogP contribution in [0, 0.1) is 11.8 Å². The van der Waals surface area contributed by atoms with Gasteiger partial charge in [-0.05, 0) is 60.3 Å². The van der Waals surface area contributed by atoms with E-state index in [1.54, 1.807) is 0 Å². The highest BCUT2D eigenvalue weighted by Gasteiger charge is 2.27. The predicted octanol–water partition coefficient (Wildman–Crippen LogP) is 9.20. The van der Waals surface area contributed by atoms with E-state index in [1.165, 1.54) is 87.3 Å². The lowest BCUT2D eigenvalue weighted by atomic mass is 9.72. The summed E-state index contributed by atoms with van der Waals surface area (Å²) in [6.45, 7) is 7.82. The average molecular weight is 436 g/mol. The first kappa shape index (κ1) is 24.8. The minimum absolute atomic E-state index is 0.535. The van der Waals surface area contributed by atoms with Crippen LogP contribution in [-0.4, -0.2) is 11.6 Å². The number of unbranched alkanes of at least 4 members (excludes halogenated alkanes) is 5. The first-order valence-electron chi connectivity index (χ1n) is 13.4. The summed E-state index contributed by atoms with van der Waals surface area (Å²) in [5, 5.41) is 0. The molecular formula is C30H45NO. The summed E-state index contributed by atoms with van der Waals surface area (Å²) in [6.07, 6.45) is 20.0. The van der Waals surface area contributed by atoms with E-state index < -0.39 is 0 Å². The third-order valence-electron chi connectivity index (χ3n) is 7.57. The van der Waals surface area contributed by atoms with Gasteiger partial charge in [-0.25, -0.2) is 0 Å². The van der Waals surface area contributed by atoms with Crippen molar-refractivity contribution in [1.29, 1.82) is 0 Å². The Morgan fingerprint density at radius 1 is 0.875 bits per heavy atom. The van der Waals surface area contributed by atoms with Crippen LogP contribution >= 0.6 is 0 Å². The normalized spacial score (nSPS) is 19.6. The molecule has 2 aromatic rings. The molecule has 0 amide bonds. The van der Waals surface area contributed by atoms with Crippen molar-refractivity contribution in [3.8, 4) is 16.9 Å². The lowest BCUT2D eigenvalue weighted by molar-refractivity contribution is 0.239. The van der Waals surface area contributed by atoms with E-state index in [9.17, 15) is 0 Å². The van der Waals surface area contributed by atoms with E-state index in [0.717, 1.165) is 30.6 Å². The van der Waals surface area contributed by atoms with Crippen LogP contribution in [-0.2, 0) is 0 Å². The number of nitrogens with zero attached hydrogens (tertiary/aromatic N) is 1. The molecule has 0 radical (unpaired) electrons. The fourth-order valence-corrected chi connectivity index (χ4v) is 5.53. The number of hydrogen-bond acceptors (Lipinski definition) is 2. The molecule has 1 aromatic heterocycles. The molecule has 2 heteroatoms. The summed E-state index contributed by atoms with van der Waals surface area (Å²) in [5.41, 5.74) is 3.92. The topological polar surface area (TPSA) is 22.1 Å². The van der Waals surface area contributed by atoms with Gasteiger partial charge in [0.05, 0.1) is 6.61 Å². The average Bonchev–Trinajstić information content (AvgIpc) is 2.84. The van der Waals surface area contributed by atoms with Crippen LogP contribution in [0.1, 0.15) is 109 Å². The molecule has 176 valence electrons. The van der Waals surface area contributed by atoms with Gasteiger partial charge in [0.2, 0.25) is 0 Å². The van der Waals surface area contributed by atoms with Crippen LogP contribution in [0.3, 0.4) is 0 Å². The Balaban J connectivity index is 1.66. The summed E-state index contributed by atoms with van der Waals surface area (Å²) in [4.78, 5) is 4.53. The van der Waals surface area contributed by atoms with Gasteiger partial charge in [-0.2, -0.15) is 0 Å². The molecule has 1 heterocycles. The molecule has 0 bridgehead atoms. The summed E-state index contributed by atoms with van der Waals surface area (Å²) in [6, 6.07) is 10.8. The van der Waals surface area contributed by atoms with E-state index >= 15 is 0 Å². The molecule has 0 spiro atoms. The van der Waals surface area contributed by atoms with Gasteiger partial charge in [0.15, 0.2) is 0 Å².